The van der Waals surface area contributed by atoms with Gasteiger partial charge in [0.25, 0.3) is 5.56 Å². The highest BCUT2D eigenvalue weighted by molar-refractivity contribution is 5.44. The van der Waals surface area contributed by atoms with Crippen LogP contribution in [0.15, 0.2) is 59.7 Å². The molecule has 0 aliphatic carbocycles. The molecule has 0 aliphatic rings. The number of rotatable bonds is 9. The minimum atomic E-state index is -0.590. The largest absolute Gasteiger partial charge is 0.502 e. The van der Waals surface area contributed by atoms with E-state index in [2.05, 4.69) is 39.3 Å². The number of hydrogen-bond donors (Lipinski definition) is 4. The number of benzene rings is 2. The molecule has 2 aromatic carbocycles. The van der Waals surface area contributed by atoms with E-state index >= 15 is 0 Å². The van der Waals surface area contributed by atoms with E-state index in [1.54, 1.807) is 7.11 Å². The second-order valence-electron chi connectivity index (χ2n) is 7.35. The van der Waals surface area contributed by atoms with Gasteiger partial charge in [-0.15, -0.1) is 0 Å². The Bertz CT molecular complexity index is 1110. The molecule has 7 heteroatoms. The molecule has 166 valence electrons. The maximum atomic E-state index is 11.5. The number of aliphatic hydroxyl groups is 1. The molecule has 0 spiro atoms. The van der Waals surface area contributed by atoms with Crippen LogP contribution < -0.4 is 10.9 Å². The number of H-pyrrole nitrogens is 1. The van der Waals surface area contributed by atoms with E-state index in [0.717, 1.165) is 29.8 Å². The Labute approximate surface area is 187 Å². The third-order valence-electron chi connectivity index (χ3n) is 5.06. The van der Waals surface area contributed by atoms with Crippen LogP contribution in [0.4, 0.5) is 0 Å². The van der Waals surface area contributed by atoms with Crippen molar-refractivity contribution in [2.75, 3.05) is 26.9 Å². The van der Waals surface area contributed by atoms with Gasteiger partial charge in [0.1, 0.15) is 0 Å². The van der Waals surface area contributed by atoms with Crippen LogP contribution in [0, 0.1) is 11.8 Å². The summed E-state index contributed by atoms with van der Waals surface area (Å²) in [5.74, 6) is 5.61. The second-order valence-corrected chi connectivity index (χ2v) is 7.35. The van der Waals surface area contributed by atoms with Crippen molar-refractivity contribution < 1.29 is 14.9 Å². The Balaban J connectivity index is 1.62. The Hall–Kier alpha value is -3.44. The van der Waals surface area contributed by atoms with Crippen molar-refractivity contribution >= 4 is 0 Å². The first-order valence-corrected chi connectivity index (χ1v) is 10.4. The fourth-order valence-electron chi connectivity index (χ4n) is 3.20. The molecular formula is C25H27N3O4. The summed E-state index contributed by atoms with van der Waals surface area (Å²) in [6.07, 6.45) is 1.50. The number of aromatic amines is 1. The van der Waals surface area contributed by atoms with Gasteiger partial charge in [0, 0.05) is 43.7 Å². The van der Waals surface area contributed by atoms with Crippen molar-refractivity contribution in [2.45, 2.75) is 18.9 Å². The molecule has 4 N–H and O–H groups in total. The van der Waals surface area contributed by atoms with E-state index in [-0.39, 0.29) is 24.6 Å². The molecule has 3 rings (SSSR count). The maximum absolute atomic E-state index is 11.5. The monoisotopic (exact) mass is 433 g/mol. The summed E-state index contributed by atoms with van der Waals surface area (Å²) in [5.41, 5.74) is 3.52. The molecule has 0 bridgehead atoms. The van der Waals surface area contributed by atoms with Crippen molar-refractivity contribution in [2.24, 2.45) is 0 Å². The fourth-order valence-corrected chi connectivity index (χ4v) is 3.20. The van der Waals surface area contributed by atoms with E-state index in [1.165, 1.54) is 11.9 Å². The van der Waals surface area contributed by atoms with Gasteiger partial charge in [-0.3, -0.25) is 4.79 Å². The normalized spacial score (nSPS) is 11.6. The van der Waals surface area contributed by atoms with Gasteiger partial charge in [-0.25, -0.2) is 4.98 Å². The molecule has 0 aliphatic heterocycles. The molecule has 0 amide bonds. The SMILES string of the molecule is COCCNCc1ccc(C#Cc2ccc(C(CO)Cc3nc[nH]c(=O)c3O)cc2)cc1. The van der Waals surface area contributed by atoms with Crippen LogP contribution in [-0.4, -0.2) is 47.0 Å². The second kappa shape index (κ2) is 11.8. The van der Waals surface area contributed by atoms with Crippen LogP contribution in [0.1, 0.15) is 33.9 Å². The molecule has 0 saturated carbocycles. The number of aliphatic hydroxyl groups excluding tert-OH is 1. The van der Waals surface area contributed by atoms with Crippen molar-refractivity contribution in [3.05, 3.63) is 93.2 Å². The summed E-state index contributed by atoms with van der Waals surface area (Å²) in [6.45, 7) is 2.15. The number of ether oxygens (including phenoxy) is 1. The highest BCUT2D eigenvalue weighted by Crippen LogP contribution is 2.22. The van der Waals surface area contributed by atoms with E-state index < -0.39 is 11.3 Å². The summed E-state index contributed by atoms with van der Waals surface area (Å²) in [7, 11) is 1.69. The molecule has 1 heterocycles. The zero-order chi connectivity index (χ0) is 22.8. The lowest BCUT2D eigenvalue weighted by Gasteiger charge is -2.14. The van der Waals surface area contributed by atoms with Crippen LogP contribution in [0.3, 0.4) is 0 Å². The van der Waals surface area contributed by atoms with Gasteiger partial charge in [0.15, 0.2) is 0 Å². The Morgan fingerprint density at radius 3 is 2.38 bits per heavy atom. The van der Waals surface area contributed by atoms with Crippen LogP contribution in [-0.2, 0) is 17.7 Å². The predicted molar refractivity (Wildman–Crippen MR) is 123 cm³/mol. The zero-order valence-corrected chi connectivity index (χ0v) is 18.0. The third-order valence-corrected chi connectivity index (χ3v) is 5.06. The van der Waals surface area contributed by atoms with Gasteiger partial charge >= 0.3 is 0 Å². The van der Waals surface area contributed by atoms with Gasteiger partial charge < -0.3 is 25.3 Å². The molecule has 0 fully saturated rings. The number of aromatic nitrogens is 2. The fraction of sp³-hybridized carbons (Fsp3) is 0.280. The number of aromatic hydroxyl groups is 1. The highest BCUT2D eigenvalue weighted by atomic mass is 16.5. The van der Waals surface area contributed by atoms with Crippen molar-refractivity contribution in [1.82, 2.24) is 15.3 Å². The Kier molecular flexibility index (Phi) is 8.58. The molecule has 1 unspecified atom stereocenters. The molecule has 3 aromatic rings. The van der Waals surface area contributed by atoms with E-state index in [4.69, 9.17) is 4.74 Å². The lowest BCUT2D eigenvalue weighted by Crippen LogP contribution is -2.18. The molecule has 7 nitrogen and oxygen atoms in total. The highest BCUT2D eigenvalue weighted by Gasteiger charge is 2.16. The molecule has 32 heavy (non-hydrogen) atoms. The first-order valence-electron chi connectivity index (χ1n) is 10.4. The van der Waals surface area contributed by atoms with Crippen molar-refractivity contribution in [3.63, 3.8) is 0 Å². The van der Waals surface area contributed by atoms with Gasteiger partial charge in [-0.2, -0.15) is 0 Å². The van der Waals surface area contributed by atoms with Crippen LogP contribution in [0.5, 0.6) is 5.75 Å². The van der Waals surface area contributed by atoms with Crippen LogP contribution in [0.2, 0.25) is 0 Å². The molecule has 1 aromatic heterocycles. The average molecular weight is 434 g/mol. The average Bonchev–Trinajstić information content (AvgIpc) is 2.83. The topological polar surface area (TPSA) is 107 Å². The molecule has 1 atom stereocenters. The zero-order valence-electron chi connectivity index (χ0n) is 18.0. The lowest BCUT2D eigenvalue weighted by atomic mass is 9.94. The number of methoxy groups -OCH3 is 1. The van der Waals surface area contributed by atoms with Gasteiger partial charge in [0.2, 0.25) is 5.75 Å². The molecular weight excluding hydrogens is 406 g/mol. The lowest BCUT2D eigenvalue weighted by molar-refractivity contribution is 0.199. The standard InChI is InChI=1S/C25H27N3O4/c1-32-13-12-26-15-20-6-4-18(5-7-20)2-3-19-8-10-21(11-9-19)22(16-29)14-23-24(30)25(31)28-17-27-23/h4-11,17,22,26,29-30H,12-16H2,1H3,(H,27,28,31). The molecule has 0 saturated heterocycles. The summed E-state index contributed by atoms with van der Waals surface area (Å²) >= 11 is 0. The predicted octanol–water partition coefficient (Wildman–Crippen LogP) is 1.93. The number of hydrogen-bond acceptors (Lipinski definition) is 6. The van der Waals surface area contributed by atoms with Crippen molar-refractivity contribution in [3.8, 4) is 17.6 Å². The van der Waals surface area contributed by atoms with E-state index in [9.17, 15) is 15.0 Å². The summed E-state index contributed by atoms with van der Waals surface area (Å²) < 4.78 is 5.02. The Morgan fingerprint density at radius 2 is 1.75 bits per heavy atom. The van der Waals surface area contributed by atoms with Gasteiger partial charge in [-0.1, -0.05) is 36.1 Å². The number of nitrogens with zero attached hydrogens (tertiary/aromatic N) is 1. The quantitative estimate of drug-likeness (QED) is 0.303. The first-order chi connectivity index (χ1) is 15.6. The number of nitrogens with one attached hydrogen (secondary N) is 2. The minimum absolute atomic E-state index is 0.133. The summed E-state index contributed by atoms with van der Waals surface area (Å²) in [5, 5.41) is 23.0. The van der Waals surface area contributed by atoms with Crippen LogP contribution >= 0.6 is 0 Å². The minimum Gasteiger partial charge on any atom is -0.502 e. The van der Waals surface area contributed by atoms with E-state index in [0.29, 0.717) is 6.61 Å². The summed E-state index contributed by atoms with van der Waals surface area (Å²) in [4.78, 5) is 17.9. The first kappa shape index (κ1) is 23.2. The van der Waals surface area contributed by atoms with Gasteiger partial charge in [-0.05, 0) is 35.4 Å². The smallest absolute Gasteiger partial charge is 0.293 e. The Morgan fingerprint density at radius 1 is 1.09 bits per heavy atom. The van der Waals surface area contributed by atoms with Crippen LogP contribution in [0.25, 0.3) is 0 Å². The summed E-state index contributed by atoms with van der Waals surface area (Å²) in [6, 6.07) is 15.7. The van der Waals surface area contributed by atoms with Crippen molar-refractivity contribution in [1.29, 1.82) is 0 Å². The third kappa shape index (κ3) is 6.53. The molecule has 0 radical (unpaired) electrons. The maximum Gasteiger partial charge on any atom is 0.293 e. The van der Waals surface area contributed by atoms with E-state index in [1.807, 2.05) is 36.4 Å². The van der Waals surface area contributed by atoms with Gasteiger partial charge in [0.05, 0.1) is 25.2 Å².